The number of hydrogen-bond donors (Lipinski definition) is 1. The van der Waals surface area contributed by atoms with Crippen molar-refractivity contribution in [1.82, 2.24) is 15.2 Å². The quantitative estimate of drug-likeness (QED) is 0.907. The number of aryl methyl sites for hydroxylation is 1. The summed E-state index contributed by atoms with van der Waals surface area (Å²) in [6.45, 7) is 6.88. The molecular formula is C19H25N3O2S. The van der Waals surface area contributed by atoms with Crippen LogP contribution in [0.5, 0.6) is 5.75 Å². The number of rotatable bonds is 4. The predicted molar refractivity (Wildman–Crippen MR) is 100 cm³/mol. The third kappa shape index (κ3) is 4.19. The van der Waals surface area contributed by atoms with Gasteiger partial charge < -0.3 is 15.0 Å². The number of amides is 1. The molecule has 1 unspecified atom stereocenters. The van der Waals surface area contributed by atoms with Crippen molar-refractivity contribution in [3.05, 3.63) is 45.4 Å². The first-order valence-corrected chi connectivity index (χ1v) is 9.31. The largest absolute Gasteiger partial charge is 0.487 e. The van der Waals surface area contributed by atoms with Crippen molar-refractivity contribution < 1.29 is 9.53 Å². The highest BCUT2D eigenvalue weighted by molar-refractivity contribution is 7.09. The summed E-state index contributed by atoms with van der Waals surface area (Å²) in [4.78, 5) is 19.2. The Labute approximate surface area is 153 Å². The molecule has 0 spiro atoms. The second-order valence-corrected chi connectivity index (χ2v) is 8.44. The fourth-order valence-corrected chi connectivity index (χ4v) is 3.97. The van der Waals surface area contributed by atoms with Gasteiger partial charge in [-0.2, -0.15) is 0 Å². The molecule has 0 saturated heterocycles. The van der Waals surface area contributed by atoms with Crippen LogP contribution < -0.4 is 10.1 Å². The van der Waals surface area contributed by atoms with Gasteiger partial charge in [-0.15, -0.1) is 11.3 Å². The van der Waals surface area contributed by atoms with Crippen LogP contribution in [0, 0.1) is 6.92 Å². The Morgan fingerprint density at radius 2 is 2.20 bits per heavy atom. The highest BCUT2D eigenvalue weighted by atomic mass is 32.1. The van der Waals surface area contributed by atoms with E-state index in [-0.39, 0.29) is 17.6 Å². The SMILES string of the molecule is Cc1ccc2c(c1)OC(C)(C)CC2NC(=O)c1csc(CN(C)C)n1. The van der Waals surface area contributed by atoms with Gasteiger partial charge in [-0.3, -0.25) is 4.79 Å². The molecule has 5 nitrogen and oxygen atoms in total. The second kappa shape index (κ2) is 6.77. The van der Waals surface area contributed by atoms with Gasteiger partial charge in [0.2, 0.25) is 0 Å². The molecule has 1 atom stereocenters. The first-order chi connectivity index (χ1) is 11.7. The van der Waals surface area contributed by atoms with Gasteiger partial charge >= 0.3 is 0 Å². The molecule has 1 amide bonds. The van der Waals surface area contributed by atoms with Crippen LogP contribution in [0.1, 0.15) is 52.9 Å². The monoisotopic (exact) mass is 359 g/mol. The highest BCUT2D eigenvalue weighted by Crippen LogP contribution is 2.40. The molecule has 6 heteroatoms. The molecule has 0 fully saturated rings. The van der Waals surface area contributed by atoms with Crippen LogP contribution in [0.3, 0.4) is 0 Å². The Balaban J connectivity index is 1.80. The van der Waals surface area contributed by atoms with Gasteiger partial charge in [0.25, 0.3) is 5.91 Å². The van der Waals surface area contributed by atoms with Crippen molar-refractivity contribution in [2.45, 2.75) is 45.4 Å². The van der Waals surface area contributed by atoms with Gasteiger partial charge in [0, 0.05) is 23.9 Å². The smallest absolute Gasteiger partial charge is 0.271 e. The number of carbonyl (C=O) groups excluding carboxylic acids is 1. The van der Waals surface area contributed by atoms with Crippen LogP contribution in [0.15, 0.2) is 23.6 Å². The molecule has 0 bridgehead atoms. The van der Waals surface area contributed by atoms with Crippen LogP contribution in [0.4, 0.5) is 0 Å². The number of ether oxygens (including phenoxy) is 1. The molecule has 2 heterocycles. The number of carbonyl (C=O) groups is 1. The second-order valence-electron chi connectivity index (χ2n) is 7.50. The summed E-state index contributed by atoms with van der Waals surface area (Å²) in [5.41, 5.74) is 2.34. The molecule has 134 valence electrons. The highest BCUT2D eigenvalue weighted by Gasteiger charge is 2.34. The minimum Gasteiger partial charge on any atom is -0.487 e. The number of nitrogens with zero attached hydrogens (tertiary/aromatic N) is 2. The number of aromatic nitrogens is 1. The Bertz CT molecular complexity index is 783. The zero-order valence-corrected chi connectivity index (χ0v) is 16.2. The number of nitrogens with one attached hydrogen (secondary N) is 1. The maximum absolute atomic E-state index is 12.7. The number of hydrogen-bond acceptors (Lipinski definition) is 5. The first kappa shape index (κ1) is 17.9. The minimum atomic E-state index is -0.323. The average molecular weight is 359 g/mol. The molecule has 25 heavy (non-hydrogen) atoms. The van der Waals surface area contributed by atoms with Crippen molar-refractivity contribution in [3.63, 3.8) is 0 Å². The molecule has 0 aliphatic carbocycles. The van der Waals surface area contributed by atoms with Crippen LogP contribution in [0.2, 0.25) is 0 Å². The van der Waals surface area contributed by atoms with E-state index in [1.165, 1.54) is 11.3 Å². The number of thiazole rings is 1. The molecule has 3 rings (SSSR count). The molecule has 2 aromatic rings. The molecular weight excluding hydrogens is 334 g/mol. The van der Waals surface area contributed by atoms with E-state index in [0.717, 1.165) is 34.8 Å². The van der Waals surface area contributed by atoms with E-state index in [9.17, 15) is 4.79 Å². The first-order valence-electron chi connectivity index (χ1n) is 8.43. The summed E-state index contributed by atoms with van der Waals surface area (Å²) < 4.78 is 6.10. The topological polar surface area (TPSA) is 54.5 Å². The summed E-state index contributed by atoms with van der Waals surface area (Å²) in [7, 11) is 3.98. The third-order valence-electron chi connectivity index (χ3n) is 4.17. The lowest BCUT2D eigenvalue weighted by molar-refractivity contribution is 0.0618. The van der Waals surface area contributed by atoms with Crippen molar-refractivity contribution in [2.75, 3.05) is 14.1 Å². The summed E-state index contributed by atoms with van der Waals surface area (Å²) in [5.74, 6) is 0.726. The Hall–Kier alpha value is -1.92. The van der Waals surface area contributed by atoms with Gasteiger partial charge in [0.15, 0.2) is 0 Å². The molecule has 0 saturated carbocycles. The van der Waals surface area contributed by atoms with E-state index >= 15 is 0 Å². The van der Waals surface area contributed by atoms with Crippen molar-refractivity contribution >= 4 is 17.2 Å². The van der Waals surface area contributed by atoms with Crippen molar-refractivity contribution in [3.8, 4) is 5.75 Å². The van der Waals surface area contributed by atoms with Crippen molar-refractivity contribution in [1.29, 1.82) is 0 Å². The zero-order valence-electron chi connectivity index (χ0n) is 15.4. The Kier molecular flexibility index (Phi) is 4.84. The lowest BCUT2D eigenvalue weighted by Gasteiger charge is -2.38. The predicted octanol–water partition coefficient (Wildman–Crippen LogP) is 3.55. The van der Waals surface area contributed by atoms with Crippen LogP contribution >= 0.6 is 11.3 Å². The Morgan fingerprint density at radius 1 is 1.44 bits per heavy atom. The number of fused-ring (bicyclic) bond motifs is 1. The maximum atomic E-state index is 12.7. The third-order valence-corrected chi connectivity index (χ3v) is 5.00. The summed E-state index contributed by atoms with van der Waals surface area (Å²) >= 11 is 1.52. The summed E-state index contributed by atoms with van der Waals surface area (Å²) in [6.07, 6.45) is 0.726. The molecule has 1 aliphatic rings. The van der Waals surface area contributed by atoms with Gasteiger partial charge in [0.1, 0.15) is 22.1 Å². The fraction of sp³-hybridized carbons (Fsp3) is 0.474. The fourth-order valence-electron chi connectivity index (χ4n) is 3.08. The lowest BCUT2D eigenvalue weighted by Crippen LogP contribution is -2.41. The van der Waals surface area contributed by atoms with Crippen LogP contribution in [-0.4, -0.2) is 35.5 Å². The van der Waals surface area contributed by atoms with E-state index in [1.807, 2.05) is 43.4 Å². The Morgan fingerprint density at radius 3 is 2.92 bits per heavy atom. The van der Waals surface area contributed by atoms with Gasteiger partial charge in [0.05, 0.1) is 6.04 Å². The van der Waals surface area contributed by atoms with E-state index in [4.69, 9.17) is 4.74 Å². The van der Waals surface area contributed by atoms with E-state index in [0.29, 0.717) is 5.69 Å². The van der Waals surface area contributed by atoms with E-state index in [2.05, 4.69) is 30.2 Å². The van der Waals surface area contributed by atoms with Gasteiger partial charge in [-0.05, 0) is 46.5 Å². The normalized spacial score (nSPS) is 18.6. The molecule has 1 aromatic carbocycles. The summed E-state index contributed by atoms with van der Waals surface area (Å²) in [6, 6.07) is 6.06. The van der Waals surface area contributed by atoms with E-state index in [1.54, 1.807) is 0 Å². The zero-order chi connectivity index (χ0) is 18.2. The molecule has 1 N–H and O–H groups in total. The maximum Gasteiger partial charge on any atom is 0.271 e. The average Bonchev–Trinajstić information content (AvgIpc) is 2.93. The van der Waals surface area contributed by atoms with E-state index < -0.39 is 0 Å². The van der Waals surface area contributed by atoms with Crippen LogP contribution in [0.25, 0.3) is 0 Å². The lowest BCUT2D eigenvalue weighted by atomic mass is 9.89. The molecule has 1 aromatic heterocycles. The van der Waals surface area contributed by atoms with Gasteiger partial charge in [-0.25, -0.2) is 4.98 Å². The van der Waals surface area contributed by atoms with Gasteiger partial charge in [-0.1, -0.05) is 12.1 Å². The molecule has 0 radical (unpaired) electrons. The molecule has 1 aliphatic heterocycles. The van der Waals surface area contributed by atoms with Crippen LogP contribution in [-0.2, 0) is 6.54 Å². The summed E-state index contributed by atoms with van der Waals surface area (Å²) in [5, 5.41) is 5.92. The minimum absolute atomic E-state index is 0.0779. The number of benzene rings is 1. The van der Waals surface area contributed by atoms with Crippen molar-refractivity contribution in [2.24, 2.45) is 0 Å². The standard InChI is InChI=1S/C19H25N3O2S/c1-12-6-7-13-14(9-19(2,3)24-16(13)8-12)21-18(23)15-11-25-17(20-15)10-22(4)5/h6-8,11,14H,9-10H2,1-5H3,(H,21,23).